The fourth-order valence-electron chi connectivity index (χ4n) is 6.47. The van der Waals surface area contributed by atoms with Crippen LogP contribution in [0.25, 0.3) is 44.8 Å². The van der Waals surface area contributed by atoms with E-state index in [-0.39, 0.29) is 18.4 Å². The molecule has 4 aromatic carbocycles. The van der Waals surface area contributed by atoms with Crippen molar-refractivity contribution in [2.45, 2.75) is 77.8 Å². The van der Waals surface area contributed by atoms with Crippen molar-refractivity contribution in [3.8, 4) is 34.3 Å². The lowest BCUT2D eigenvalue weighted by Gasteiger charge is -2.14. The van der Waals surface area contributed by atoms with E-state index in [4.69, 9.17) is 29.3 Å². The number of ether oxygens (including phenoxy) is 4. The Kier molecular flexibility index (Phi) is 15.9. The summed E-state index contributed by atoms with van der Waals surface area (Å²) in [5, 5.41) is 8.67. The van der Waals surface area contributed by atoms with Crippen molar-refractivity contribution in [1.29, 1.82) is 0 Å². The number of rotatable bonds is 20. The van der Waals surface area contributed by atoms with Gasteiger partial charge in [0.05, 0.1) is 49.0 Å². The maximum Gasteiger partial charge on any atom is 0.305 e. The molecule has 2 aromatic heterocycles. The van der Waals surface area contributed by atoms with Gasteiger partial charge in [0.15, 0.2) is 0 Å². The number of methoxy groups -OCH3 is 2. The normalized spacial score (nSPS) is 11.1. The van der Waals surface area contributed by atoms with E-state index in [1.165, 1.54) is 7.11 Å². The van der Waals surface area contributed by atoms with Crippen LogP contribution in [0, 0.1) is 0 Å². The third-order valence-electron chi connectivity index (χ3n) is 9.31. The number of aromatic nitrogens is 4. The summed E-state index contributed by atoms with van der Waals surface area (Å²) in [4.78, 5) is 31.3. The lowest BCUT2D eigenvalue weighted by Crippen LogP contribution is -2.06. The van der Waals surface area contributed by atoms with Crippen molar-refractivity contribution < 1.29 is 33.6 Å². The molecule has 0 aliphatic rings. The molecule has 11 nitrogen and oxygen atoms in total. The maximum absolute atomic E-state index is 11.1. The molecule has 296 valence electrons. The second-order valence-electron chi connectivity index (χ2n) is 13.8. The summed E-state index contributed by atoms with van der Waals surface area (Å²) in [7, 11) is 3.12. The molecule has 0 saturated heterocycles. The molecule has 56 heavy (non-hydrogen) atoms. The fourth-order valence-corrected chi connectivity index (χ4v) is 6.47. The number of fused-ring (bicyclic) bond motifs is 2. The third kappa shape index (κ3) is 11.7. The Balaban J connectivity index is 0.000000214. The van der Waals surface area contributed by atoms with Gasteiger partial charge >= 0.3 is 11.9 Å². The van der Waals surface area contributed by atoms with Gasteiger partial charge in [0.25, 0.3) is 0 Å². The van der Waals surface area contributed by atoms with Crippen molar-refractivity contribution in [3.05, 3.63) is 97.1 Å². The first-order valence-corrected chi connectivity index (χ1v) is 19.4. The lowest BCUT2D eigenvalue weighted by atomic mass is 10.2. The number of imidazole rings is 2. The summed E-state index contributed by atoms with van der Waals surface area (Å²) in [5.41, 5.74) is 6.16. The Labute approximate surface area is 329 Å². The summed E-state index contributed by atoms with van der Waals surface area (Å²) < 4.78 is 26.2. The average molecular weight is 763 g/mol. The van der Waals surface area contributed by atoms with Gasteiger partial charge in [-0.3, -0.25) is 9.59 Å². The molecular weight excluding hydrogens is 709 g/mol. The highest BCUT2D eigenvalue weighted by atomic mass is 16.5. The van der Waals surface area contributed by atoms with Crippen molar-refractivity contribution in [2.24, 2.45) is 0 Å². The van der Waals surface area contributed by atoms with Crippen molar-refractivity contribution in [3.63, 3.8) is 0 Å². The molecule has 0 aliphatic carbocycles. The van der Waals surface area contributed by atoms with E-state index < -0.39 is 5.97 Å². The third-order valence-corrected chi connectivity index (χ3v) is 9.31. The van der Waals surface area contributed by atoms with Crippen LogP contribution in [-0.2, 0) is 25.6 Å². The highest BCUT2D eigenvalue weighted by Gasteiger charge is 2.16. The van der Waals surface area contributed by atoms with Gasteiger partial charge in [-0.05, 0) is 76.6 Å². The van der Waals surface area contributed by atoms with E-state index in [9.17, 15) is 9.59 Å². The van der Waals surface area contributed by atoms with E-state index in [0.717, 1.165) is 88.4 Å². The molecule has 6 aromatic rings. The second kappa shape index (κ2) is 21.4. The molecule has 0 saturated carbocycles. The number of hydrogen-bond acceptors (Lipinski definition) is 8. The van der Waals surface area contributed by atoms with Gasteiger partial charge in [-0.25, -0.2) is 9.97 Å². The van der Waals surface area contributed by atoms with Gasteiger partial charge in [-0.15, -0.1) is 0 Å². The molecule has 2 heterocycles. The van der Waals surface area contributed by atoms with Gasteiger partial charge in [0, 0.05) is 55.8 Å². The molecule has 1 N–H and O–H groups in total. The fraction of sp³-hybridized carbons (Fsp3) is 0.378. The number of unbranched alkanes of at least 4 members (excludes halogenated alkanes) is 4. The van der Waals surface area contributed by atoms with Gasteiger partial charge in [0.1, 0.15) is 23.1 Å². The average Bonchev–Trinajstić information content (AvgIpc) is 3.78. The molecule has 0 unspecified atom stereocenters. The van der Waals surface area contributed by atoms with Gasteiger partial charge in [-0.1, -0.05) is 60.7 Å². The minimum Gasteiger partial charge on any atom is -0.494 e. The maximum atomic E-state index is 11.1. The van der Waals surface area contributed by atoms with Crippen LogP contribution in [0.3, 0.4) is 0 Å². The zero-order chi connectivity index (χ0) is 39.7. The molecule has 0 amide bonds. The van der Waals surface area contributed by atoms with Crippen LogP contribution in [0.2, 0.25) is 0 Å². The summed E-state index contributed by atoms with van der Waals surface area (Å²) >= 11 is 0. The summed E-state index contributed by atoms with van der Waals surface area (Å²) in [6.45, 7) is 6.84. The summed E-state index contributed by atoms with van der Waals surface area (Å²) in [5.74, 6) is 2.64. The lowest BCUT2D eigenvalue weighted by molar-refractivity contribution is -0.141. The highest BCUT2D eigenvalue weighted by Crippen LogP contribution is 2.31. The zero-order valence-electron chi connectivity index (χ0n) is 33.0. The van der Waals surface area contributed by atoms with Crippen molar-refractivity contribution in [2.75, 3.05) is 34.0 Å². The quantitative estimate of drug-likeness (QED) is 0.0597. The molecular formula is C45H54N4O7. The van der Waals surface area contributed by atoms with Crippen LogP contribution in [0.4, 0.5) is 0 Å². The van der Waals surface area contributed by atoms with E-state index in [0.29, 0.717) is 39.2 Å². The predicted octanol–water partition coefficient (Wildman–Crippen LogP) is 9.77. The van der Waals surface area contributed by atoms with E-state index in [1.54, 1.807) is 7.11 Å². The topological polar surface area (TPSA) is 127 Å². The van der Waals surface area contributed by atoms with E-state index in [1.807, 2.05) is 66.7 Å². The number of carbonyl (C=O) groups is 2. The standard InChI is InChI=1S/C23H28N2O3.C22H26N2O4/c1-17(2)25-21-16-19(28-15-9-5-8-12-22(26)27-3)13-14-20(21)24-23(25)18-10-6-4-7-11-18;1-27-15-13-24-20-16-18(28-14-7-3-6-10-21(25)26)11-12-19(20)23-22(24)17-8-4-2-5-9-17/h4,6-7,10-11,13-14,16-17H,5,8-9,12,15H2,1-3H3;2,4-5,8-9,11-12,16H,3,6-7,10,13-15H2,1H3,(H,25,26). The summed E-state index contributed by atoms with van der Waals surface area (Å²) in [6, 6.07) is 32.7. The summed E-state index contributed by atoms with van der Waals surface area (Å²) in [6.07, 6.45) is 5.73. The second-order valence-corrected chi connectivity index (χ2v) is 13.8. The first-order chi connectivity index (χ1) is 27.3. The van der Waals surface area contributed by atoms with Crippen LogP contribution >= 0.6 is 0 Å². The smallest absolute Gasteiger partial charge is 0.305 e. The Morgan fingerprint density at radius 3 is 1.73 bits per heavy atom. The Morgan fingerprint density at radius 1 is 0.643 bits per heavy atom. The number of benzene rings is 4. The Hall–Kier alpha value is -5.68. The monoisotopic (exact) mass is 762 g/mol. The molecule has 0 atom stereocenters. The van der Waals surface area contributed by atoms with Crippen LogP contribution in [0.15, 0.2) is 97.1 Å². The van der Waals surface area contributed by atoms with Gasteiger partial charge < -0.3 is 33.2 Å². The van der Waals surface area contributed by atoms with Crippen LogP contribution in [0.1, 0.15) is 71.3 Å². The first-order valence-electron chi connectivity index (χ1n) is 19.4. The first kappa shape index (κ1) is 41.5. The Morgan fingerprint density at radius 2 is 1.18 bits per heavy atom. The minimum atomic E-state index is -0.745. The van der Waals surface area contributed by atoms with E-state index in [2.05, 4.69) is 58.1 Å². The molecule has 0 fully saturated rings. The largest absolute Gasteiger partial charge is 0.494 e. The SMILES string of the molecule is COC(=O)CCCCCOc1ccc2nc(-c3ccccc3)n(C(C)C)c2c1.COCCn1c(-c2ccccc2)nc2ccc(OCCCCCC(=O)O)cc21. The van der Waals surface area contributed by atoms with Crippen LogP contribution in [-0.4, -0.2) is 70.2 Å². The minimum absolute atomic E-state index is 0.150. The Bertz CT molecular complexity index is 2130. The molecule has 0 aliphatic heterocycles. The van der Waals surface area contributed by atoms with E-state index >= 15 is 0 Å². The number of carboxylic acid groups (broad SMARTS) is 1. The number of esters is 1. The van der Waals surface area contributed by atoms with Crippen LogP contribution in [0.5, 0.6) is 11.5 Å². The van der Waals surface area contributed by atoms with Crippen LogP contribution < -0.4 is 9.47 Å². The number of carbonyl (C=O) groups excluding carboxylic acids is 1. The van der Waals surface area contributed by atoms with Gasteiger partial charge in [0.2, 0.25) is 0 Å². The van der Waals surface area contributed by atoms with Crippen molar-refractivity contribution in [1.82, 2.24) is 19.1 Å². The number of nitrogens with zero attached hydrogens (tertiary/aromatic N) is 4. The highest BCUT2D eigenvalue weighted by molar-refractivity contribution is 5.83. The number of hydrogen-bond donors (Lipinski definition) is 1. The van der Waals surface area contributed by atoms with Gasteiger partial charge in [-0.2, -0.15) is 0 Å². The molecule has 0 radical (unpaired) electrons. The number of carboxylic acids is 1. The zero-order valence-corrected chi connectivity index (χ0v) is 33.0. The molecule has 0 spiro atoms. The molecule has 6 rings (SSSR count). The molecule has 0 bridgehead atoms. The molecule has 11 heteroatoms. The van der Waals surface area contributed by atoms with Crippen molar-refractivity contribution >= 4 is 34.0 Å². The number of aliphatic carboxylic acids is 1. The predicted molar refractivity (Wildman–Crippen MR) is 220 cm³/mol.